The molecule has 0 saturated heterocycles. The first kappa shape index (κ1) is 13.7. The van der Waals surface area contributed by atoms with E-state index in [2.05, 4.69) is 10.2 Å². The number of aromatic hydroxyl groups is 1. The topological polar surface area (TPSA) is 67.4 Å². The molecule has 0 spiro atoms. The van der Waals surface area contributed by atoms with Gasteiger partial charge in [-0.1, -0.05) is 17.7 Å². The number of rotatable bonds is 2. The molecule has 0 bridgehead atoms. The third-order valence-corrected chi connectivity index (χ3v) is 4.02. The molecule has 116 valence electrons. The van der Waals surface area contributed by atoms with Gasteiger partial charge < -0.3 is 14.6 Å². The van der Waals surface area contributed by atoms with Crippen LogP contribution >= 0.6 is 0 Å². The van der Waals surface area contributed by atoms with Gasteiger partial charge in [-0.05, 0) is 43.7 Å². The van der Waals surface area contributed by atoms with Gasteiger partial charge in [0.25, 0.3) is 0 Å². The largest absolute Gasteiger partial charge is 0.507 e. The maximum absolute atomic E-state index is 10.2. The van der Waals surface area contributed by atoms with E-state index < -0.39 is 0 Å². The number of aromatic nitrogens is 2. The van der Waals surface area contributed by atoms with Crippen LogP contribution in [0.2, 0.25) is 0 Å². The second-order valence-corrected chi connectivity index (χ2v) is 5.66. The minimum atomic E-state index is 0.212. The molecule has 4 rings (SSSR count). The van der Waals surface area contributed by atoms with E-state index in [-0.39, 0.29) is 12.5 Å². The van der Waals surface area contributed by atoms with Crippen LogP contribution in [0.3, 0.4) is 0 Å². The number of benzene rings is 2. The minimum Gasteiger partial charge on any atom is -0.507 e. The number of hydrogen-bond acceptors (Lipinski definition) is 4. The number of fused-ring (bicyclic) bond motifs is 1. The Bertz CT molecular complexity index is 899. The Labute approximate surface area is 133 Å². The number of H-pyrrole nitrogens is 1. The van der Waals surface area contributed by atoms with Gasteiger partial charge in [-0.3, -0.25) is 5.10 Å². The summed E-state index contributed by atoms with van der Waals surface area (Å²) in [5, 5.41) is 17.6. The predicted molar refractivity (Wildman–Crippen MR) is 86.7 cm³/mol. The van der Waals surface area contributed by atoms with Crippen LogP contribution in [0, 0.1) is 13.8 Å². The fraction of sp³-hybridized carbons (Fsp3) is 0.167. The van der Waals surface area contributed by atoms with E-state index in [1.54, 1.807) is 6.07 Å². The van der Waals surface area contributed by atoms with Gasteiger partial charge in [0.15, 0.2) is 11.5 Å². The highest BCUT2D eigenvalue weighted by atomic mass is 16.7. The molecule has 0 unspecified atom stereocenters. The molecular weight excluding hydrogens is 292 g/mol. The SMILES string of the molecule is Cc1ccc(O)c(-c2n[nH]c(C)c2-c2ccc3c(c2)OCO3)c1. The van der Waals surface area contributed by atoms with Crippen molar-refractivity contribution in [1.82, 2.24) is 10.2 Å². The fourth-order valence-corrected chi connectivity index (χ4v) is 2.87. The number of nitrogens with zero attached hydrogens (tertiary/aromatic N) is 1. The van der Waals surface area contributed by atoms with Gasteiger partial charge in [0, 0.05) is 16.8 Å². The van der Waals surface area contributed by atoms with Crippen LogP contribution in [-0.2, 0) is 0 Å². The molecule has 2 heterocycles. The second-order valence-electron chi connectivity index (χ2n) is 5.66. The molecule has 0 radical (unpaired) electrons. The quantitative estimate of drug-likeness (QED) is 0.755. The lowest BCUT2D eigenvalue weighted by Crippen LogP contribution is -1.92. The number of aromatic amines is 1. The van der Waals surface area contributed by atoms with Crippen LogP contribution in [0.5, 0.6) is 17.2 Å². The third-order valence-electron chi connectivity index (χ3n) is 4.02. The van der Waals surface area contributed by atoms with E-state index >= 15 is 0 Å². The van der Waals surface area contributed by atoms with Crippen LogP contribution in [0.15, 0.2) is 36.4 Å². The molecule has 1 aromatic heterocycles. The smallest absolute Gasteiger partial charge is 0.231 e. The maximum Gasteiger partial charge on any atom is 0.231 e. The van der Waals surface area contributed by atoms with Crippen molar-refractivity contribution in [2.75, 3.05) is 6.79 Å². The minimum absolute atomic E-state index is 0.212. The van der Waals surface area contributed by atoms with Gasteiger partial charge >= 0.3 is 0 Å². The van der Waals surface area contributed by atoms with Crippen molar-refractivity contribution >= 4 is 0 Å². The average Bonchev–Trinajstić information content (AvgIpc) is 3.15. The van der Waals surface area contributed by atoms with E-state index in [0.29, 0.717) is 5.56 Å². The first-order valence-electron chi connectivity index (χ1n) is 7.38. The van der Waals surface area contributed by atoms with E-state index in [0.717, 1.165) is 39.6 Å². The van der Waals surface area contributed by atoms with Crippen molar-refractivity contribution < 1.29 is 14.6 Å². The highest BCUT2D eigenvalue weighted by molar-refractivity contribution is 5.85. The molecule has 3 aromatic rings. The summed E-state index contributed by atoms with van der Waals surface area (Å²) in [6.07, 6.45) is 0. The summed E-state index contributed by atoms with van der Waals surface area (Å²) in [6.45, 7) is 4.20. The monoisotopic (exact) mass is 308 g/mol. The first-order chi connectivity index (χ1) is 11.1. The number of phenolic OH excluding ortho intramolecular Hbond substituents is 1. The molecule has 5 heteroatoms. The zero-order valence-electron chi connectivity index (χ0n) is 12.9. The summed E-state index contributed by atoms with van der Waals surface area (Å²) < 4.78 is 10.8. The van der Waals surface area contributed by atoms with Crippen molar-refractivity contribution in [1.29, 1.82) is 0 Å². The zero-order valence-corrected chi connectivity index (χ0v) is 12.9. The van der Waals surface area contributed by atoms with E-state index in [4.69, 9.17) is 9.47 Å². The van der Waals surface area contributed by atoms with Gasteiger partial charge in [0.2, 0.25) is 6.79 Å². The van der Waals surface area contributed by atoms with Gasteiger partial charge in [-0.25, -0.2) is 0 Å². The maximum atomic E-state index is 10.2. The van der Waals surface area contributed by atoms with Crippen LogP contribution in [0.4, 0.5) is 0 Å². The van der Waals surface area contributed by atoms with Crippen LogP contribution in [0.1, 0.15) is 11.3 Å². The Hall–Kier alpha value is -2.95. The van der Waals surface area contributed by atoms with E-state index in [1.807, 2.05) is 44.2 Å². The lowest BCUT2D eigenvalue weighted by Gasteiger charge is -2.08. The Kier molecular flexibility index (Phi) is 3.01. The summed E-state index contributed by atoms with van der Waals surface area (Å²) in [6, 6.07) is 11.3. The van der Waals surface area contributed by atoms with Crippen molar-refractivity contribution in [2.24, 2.45) is 0 Å². The zero-order chi connectivity index (χ0) is 16.0. The Morgan fingerprint density at radius 1 is 1.04 bits per heavy atom. The average molecular weight is 308 g/mol. The van der Waals surface area contributed by atoms with Gasteiger partial charge in [-0.15, -0.1) is 0 Å². The van der Waals surface area contributed by atoms with E-state index in [1.165, 1.54) is 0 Å². The Balaban J connectivity index is 1.90. The lowest BCUT2D eigenvalue weighted by molar-refractivity contribution is 0.174. The number of hydrogen-bond donors (Lipinski definition) is 2. The van der Waals surface area contributed by atoms with Crippen molar-refractivity contribution in [2.45, 2.75) is 13.8 Å². The predicted octanol–water partition coefficient (Wildman–Crippen LogP) is 3.79. The fourth-order valence-electron chi connectivity index (χ4n) is 2.87. The molecule has 0 atom stereocenters. The molecule has 0 saturated carbocycles. The highest BCUT2D eigenvalue weighted by Crippen LogP contribution is 2.41. The number of ether oxygens (including phenoxy) is 2. The van der Waals surface area contributed by atoms with Gasteiger partial charge in [0.1, 0.15) is 11.4 Å². The van der Waals surface area contributed by atoms with Gasteiger partial charge in [0.05, 0.1) is 0 Å². The van der Waals surface area contributed by atoms with Crippen molar-refractivity contribution in [3.8, 4) is 39.6 Å². The normalized spacial score (nSPS) is 12.6. The molecule has 1 aliphatic rings. The summed E-state index contributed by atoms with van der Waals surface area (Å²) in [4.78, 5) is 0. The number of nitrogens with one attached hydrogen (secondary N) is 1. The molecule has 2 aromatic carbocycles. The highest BCUT2D eigenvalue weighted by Gasteiger charge is 2.20. The molecule has 23 heavy (non-hydrogen) atoms. The van der Waals surface area contributed by atoms with Crippen molar-refractivity contribution in [3.05, 3.63) is 47.7 Å². The molecular formula is C18H16N2O3. The summed E-state index contributed by atoms with van der Waals surface area (Å²) >= 11 is 0. The van der Waals surface area contributed by atoms with E-state index in [9.17, 15) is 5.11 Å². The van der Waals surface area contributed by atoms with Crippen LogP contribution in [0.25, 0.3) is 22.4 Å². The molecule has 2 N–H and O–H groups in total. The summed E-state index contributed by atoms with van der Waals surface area (Å²) in [7, 11) is 0. The summed E-state index contributed by atoms with van der Waals surface area (Å²) in [5.74, 6) is 1.68. The van der Waals surface area contributed by atoms with Crippen molar-refractivity contribution in [3.63, 3.8) is 0 Å². The number of phenols is 1. The molecule has 0 amide bonds. The molecule has 0 aliphatic carbocycles. The number of aryl methyl sites for hydroxylation is 2. The first-order valence-corrected chi connectivity index (χ1v) is 7.38. The van der Waals surface area contributed by atoms with Crippen LogP contribution in [-0.4, -0.2) is 22.1 Å². The second kappa shape index (κ2) is 5.05. The van der Waals surface area contributed by atoms with Gasteiger partial charge in [-0.2, -0.15) is 5.10 Å². The third kappa shape index (κ3) is 2.21. The standard InChI is InChI=1S/C18H16N2O3/c1-10-3-5-14(21)13(7-10)18-17(11(2)19-20-18)12-4-6-15-16(8-12)23-9-22-15/h3-8,21H,9H2,1-2H3,(H,19,20). The van der Waals surface area contributed by atoms with Crippen LogP contribution < -0.4 is 9.47 Å². The summed E-state index contributed by atoms with van der Waals surface area (Å²) in [5.41, 5.74) is 5.35. The lowest BCUT2D eigenvalue weighted by atomic mass is 9.97. The Morgan fingerprint density at radius 3 is 2.74 bits per heavy atom. The Morgan fingerprint density at radius 2 is 1.87 bits per heavy atom. The molecule has 5 nitrogen and oxygen atoms in total. The molecule has 1 aliphatic heterocycles. The molecule has 0 fully saturated rings.